The van der Waals surface area contributed by atoms with Crippen LogP contribution in [0.25, 0.3) is 10.2 Å². The molecule has 1 aliphatic rings. The number of benzene rings is 2. The number of rotatable bonds is 4. The highest BCUT2D eigenvalue weighted by Crippen LogP contribution is 2.33. The van der Waals surface area contributed by atoms with E-state index in [1.807, 2.05) is 60.4 Å². The van der Waals surface area contributed by atoms with E-state index >= 15 is 0 Å². The molecule has 2 aromatic carbocycles. The van der Waals surface area contributed by atoms with Crippen molar-refractivity contribution in [1.29, 1.82) is 0 Å². The summed E-state index contributed by atoms with van der Waals surface area (Å²) in [6, 6.07) is 18.0. The van der Waals surface area contributed by atoms with Crippen LogP contribution in [0.3, 0.4) is 0 Å². The summed E-state index contributed by atoms with van der Waals surface area (Å²) in [5.74, 6) is 0.0531. The maximum atomic E-state index is 13.7. The van der Waals surface area contributed by atoms with Gasteiger partial charge >= 0.3 is 0 Å². The number of hydrogen-bond donors (Lipinski definition) is 1. The smallest absolute Gasteiger partial charge is 0.233 e. The monoisotopic (exact) mass is 393 g/mol. The molecule has 1 N–H and O–H groups in total. The van der Waals surface area contributed by atoms with E-state index < -0.39 is 5.41 Å². The van der Waals surface area contributed by atoms with Crippen LogP contribution < -0.4 is 5.32 Å². The molecule has 0 saturated carbocycles. The van der Waals surface area contributed by atoms with Crippen molar-refractivity contribution in [3.05, 3.63) is 65.2 Å². The van der Waals surface area contributed by atoms with Crippen molar-refractivity contribution in [2.24, 2.45) is 0 Å². The molecule has 6 heteroatoms. The summed E-state index contributed by atoms with van der Waals surface area (Å²) in [7, 11) is 0. The SMILES string of the molecule is CC(Cc1nc2ccccc2s1)(C(=O)N1CCNC(=O)CC1)c1ccccc1. The van der Waals surface area contributed by atoms with Crippen molar-refractivity contribution >= 4 is 33.4 Å². The number of nitrogens with one attached hydrogen (secondary N) is 1. The van der Waals surface area contributed by atoms with E-state index in [1.54, 1.807) is 11.3 Å². The average molecular weight is 394 g/mol. The maximum Gasteiger partial charge on any atom is 0.233 e. The molecule has 1 atom stereocenters. The van der Waals surface area contributed by atoms with Crippen LogP contribution in [-0.4, -0.2) is 41.3 Å². The Hall–Kier alpha value is -2.73. The van der Waals surface area contributed by atoms with E-state index in [0.29, 0.717) is 32.5 Å². The number of thiazole rings is 1. The number of carbonyl (C=O) groups is 2. The molecule has 1 unspecified atom stereocenters. The third-order valence-corrected chi connectivity index (χ3v) is 6.36. The topological polar surface area (TPSA) is 62.3 Å². The Morgan fingerprint density at radius 3 is 2.68 bits per heavy atom. The molecule has 2 heterocycles. The molecule has 4 rings (SSSR count). The zero-order valence-electron chi connectivity index (χ0n) is 15.9. The first-order chi connectivity index (χ1) is 13.6. The summed E-state index contributed by atoms with van der Waals surface area (Å²) in [6.45, 7) is 3.48. The summed E-state index contributed by atoms with van der Waals surface area (Å²) < 4.78 is 1.13. The van der Waals surface area contributed by atoms with Crippen LogP contribution in [0, 0.1) is 0 Å². The highest BCUT2D eigenvalue weighted by atomic mass is 32.1. The number of carbonyl (C=O) groups excluding carboxylic acids is 2. The minimum Gasteiger partial charge on any atom is -0.354 e. The molecular weight excluding hydrogens is 370 g/mol. The van der Waals surface area contributed by atoms with Crippen LogP contribution in [0.1, 0.15) is 23.9 Å². The Morgan fingerprint density at radius 2 is 1.89 bits per heavy atom. The van der Waals surface area contributed by atoms with E-state index in [0.717, 1.165) is 20.8 Å². The first-order valence-corrected chi connectivity index (χ1v) is 10.3. The number of hydrogen-bond acceptors (Lipinski definition) is 4. The van der Waals surface area contributed by atoms with Gasteiger partial charge in [0.1, 0.15) is 0 Å². The third-order valence-electron chi connectivity index (χ3n) is 5.33. The van der Waals surface area contributed by atoms with E-state index in [1.165, 1.54) is 0 Å². The van der Waals surface area contributed by atoms with Gasteiger partial charge in [0.05, 0.1) is 20.6 Å². The summed E-state index contributed by atoms with van der Waals surface area (Å²) in [5.41, 5.74) is 1.21. The van der Waals surface area contributed by atoms with Gasteiger partial charge in [0.2, 0.25) is 11.8 Å². The summed E-state index contributed by atoms with van der Waals surface area (Å²) in [5, 5.41) is 3.79. The fourth-order valence-electron chi connectivity index (χ4n) is 3.72. The lowest BCUT2D eigenvalue weighted by molar-refractivity contribution is -0.136. The lowest BCUT2D eigenvalue weighted by atomic mass is 9.78. The van der Waals surface area contributed by atoms with Crippen molar-refractivity contribution in [3.8, 4) is 0 Å². The van der Waals surface area contributed by atoms with Gasteiger partial charge in [-0.2, -0.15) is 0 Å². The molecular formula is C22H23N3O2S. The molecule has 2 amide bonds. The quantitative estimate of drug-likeness (QED) is 0.741. The number of fused-ring (bicyclic) bond motifs is 1. The number of para-hydroxylation sites is 1. The lowest BCUT2D eigenvalue weighted by Crippen LogP contribution is -2.47. The van der Waals surface area contributed by atoms with Crippen molar-refractivity contribution in [1.82, 2.24) is 15.2 Å². The molecule has 5 nitrogen and oxygen atoms in total. The first-order valence-electron chi connectivity index (χ1n) is 9.52. The van der Waals surface area contributed by atoms with Gasteiger partial charge < -0.3 is 10.2 Å². The molecule has 0 bridgehead atoms. The molecule has 1 aliphatic heterocycles. The second kappa shape index (κ2) is 7.72. The summed E-state index contributed by atoms with van der Waals surface area (Å²) >= 11 is 1.64. The summed E-state index contributed by atoms with van der Waals surface area (Å²) in [4.78, 5) is 31.9. The van der Waals surface area contributed by atoms with E-state index in [2.05, 4.69) is 11.4 Å². The standard InChI is InChI=1S/C22H23N3O2S/c1-22(16-7-3-2-4-8-16,21(27)25-13-11-19(26)23-12-14-25)15-20-24-17-9-5-6-10-18(17)28-20/h2-10H,11-15H2,1H3,(H,23,26). The predicted molar refractivity (Wildman–Crippen MR) is 111 cm³/mol. The van der Waals surface area contributed by atoms with Gasteiger partial charge in [0.15, 0.2) is 0 Å². The van der Waals surface area contributed by atoms with Crippen molar-refractivity contribution < 1.29 is 9.59 Å². The zero-order chi connectivity index (χ0) is 19.6. The largest absolute Gasteiger partial charge is 0.354 e. The van der Waals surface area contributed by atoms with Gasteiger partial charge in [-0.25, -0.2) is 4.98 Å². The van der Waals surface area contributed by atoms with Crippen LogP contribution in [0.5, 0.6) is 0 Å². The lowest BCUT2D eigenvalue weighted by Gasteiger charge is -2.34. The van der Waals surface area contributed by atoms with Gasteiger partial charge in [-0.05, 0) is 24.6 Å². The minimum absolute atomic E-state index is 0.00267. The molecule has 1 fully saturated rings. The van der Waals surface area contributed by atoms with Crippen LogP contribution >= 0.6 is 11.3 Å². The van der Waals surface area contributed by atoms with Crippen molar-refractivity contribution in [2.75, 3.05) is 19.6 Å². The molecule has 1 saturated heterocycles. The second-order valence-corrected chi connectivity index (χ2v) is 8.46. The Labute approximate surface area is 168 Å². The highest BCUT2D eigenvalue weighted by molar-refractivity contribution is 7.18. The maximum absolute atomic E-state index is 13.7. The molecule has 0 aliphatic carbocycles. The van der Waals surface area contributed by atoms with Crippen molar-refractivity contribution in [3.63, 3.8) is 0 Å². The van der Waals surface area contributed by atoms with Crippen LogP contribution in [-0.2, 0) is 21.4 Å². The van der Waals surface area contributed by atoms with Gasteiger partial charge in [0, 0.05) is 32.5 Å². The van der Waals surface area contributed by atoms with Crippen LogP contribution in [0.15, 0.2) is 54.6 Å². The Balaban J connectivity index is 1.69. The van der Waals surface area contributed by atoms with E-state index in [9.17, 15) is 9.59 Å². The fraction of sp³-hybridized carbons (Fsp3) is 0.318. The highest BCUT2D eigenvalue weighted by Gasteiger charge is 2.39. The first kappa shape index (κ1) is 18.6. The van der Waals surface area contributed by atoms with Crippen LogP contribution in [0.2, 0.25) is 0 Å². The zero-order valence-corrected chi connectivity index (χ0v) is 16.7. The molecule has 0 radical (unpaired) electrons. The molecule has 144 valence electrons. The van der Waals surface area contributed by atoms with E-state index in [4.69, 9.17) is 4.98 Å². The molecule has 3 aromatic rings. The summed E-state index contributed by atoms with van der Waals surface area (Å²) in [6.07, 6.45) is 0.880. The molecule has 28 heavy (non-hydrogen) atoms. The number of amides is 2. The Morgan fingerprint density at radius 1 is 1.14 bits per heavy atom. The number of aromatic nitrogens is 1. The fourth-order valence-corrected chi connectivity index (χ4v) is 4.85. The van der Waals surface area contributed by atoms with Gasteiger partial charge in [0.25, 0.3) is 0 Å². The molecule has 0 spiro atoms. The third kappa shape index (κ3) is 3.64. The average Bonchev–Trinajstić information content (AvgIpc) is 2.99. The van der Waals surface area contributed by atoms with Gasteiger partial charge in [-0.1, -0.05) is 42.5 Å². The number of nitrogens with zero attached hydrogens (tertiary/aromatic N) is 2. The normalized spacial score (nSPS) is 17.0. The second-order valence-electron chi connectivity index (χ2n) is 7.34. The predicted octanol–water partition coefficient (Wildman–Crippen LogP) is 3.15. The molecule has 1 aromatic heterocycles. The van der Waals surface area contributed by atoms with Crippen molar-refractivity contribution in [2.45, 2.75) is 25.2 Å². The Bertz CT molecular complexity index is 968. The van der Waals surface area contributed by atoms with E-state index in [-0.39, 0.29) is 11.8 Å². The Kier molecular flexibility index (Phi) is 5.13. The van der Waals surface area contributed by atoms with Gasteiger partial charge in [-0.15, -0.1) is 11.3 Å². The van der Waals surface area contributed by atoms with Gasteiger partial charge in [-0.3, -0.25) is 9.59 Å². The minimum atomic E-state index is -0.734. The van der Waals surface area contributed by atoms with Crippen LogP contribution in [0.4, 0.5) is 0 Å².